The summed E-state index contributed by atoms with van der Waals surface area (Å²) in [5, 5.41) is 18.6. The summed E-state index contributed by atoms with van der Waals surface area (Å²) in [4.78, 5) is 0. The molecule has 0 spiro atoms. The summed E-state index contributed by atoms with van der Waals surface area (Å²) in [6.07, 6.45) is 8.55. The second-order valence-corrected chi connectivity index (χ2v) is 3.51. The van der Waals surface area contributed by atoms with Gasteiger partial charge >= 0.3 is 0 Å². The number of rotatable bonds is 8. The minimum atomic E-state index is -0.441. The molecule has 0 aromatic heterocycles. The normalized spacial score (nSPS) is 16.0. The van der Waals surface area contributed by atoms with E-state index in [-0.39, 0.29) is 0 Å². The fourth-order valence-corrected chi connectivity index (χ4v) is 1.10. The molecule has 0 saturated carbocycles. The molecule has 0 aliphatic heterocycles. The summed E-state index contributed by atoms with van der Waals surface area (Å²) >= 11 is 0. The van der Waals surface area contributed by atoms with Crippen LogP contribution in [0, 0.1) is 0 Å². The third-order valence-electron chi connectivity index (χ3n) is 1.93. The Labute approximate surface area is 92.1 Å². The molecule has 2 N–H and O–H groups in total. The summed E-state index contributed by atoms with van der Waals surface area (Å²) < 4.78 is 4.99. The van der Waals surface area contributed by atoms with Gasteiger partial charge in [0.15, 0.2) is 0 Å². The topological polar surface area (TPSA) is 49.7 Å². The molecule has 0 radical (unpaired) electrons. The Bertz CT molecular complexity index is 167. The molecule has 15 heavy (non-hydrogen) atoms. The van der Waals surface area contributed by atoms with E-state index in [0.29, 0.717) is 0 Å². The van der Waals surface area contributed by atoms with Gasteiger partial charge in [-0.1, -0.05) is 26.7 Å². The average Bonchev–Trinajstić information content (AvgIpc) is 2.18. The SMILES string of the molecule is CCCC(O)C=COC=CC(O)CCC. The second-order valence-electron chi connectivity index (χ2n) is 3.51. The lowest BCUT2D eigenvalue weighted by Gasteiger charge is -2.02. The van der Waals surface area contributed by atoms with E-state index in [4.69, 9.17) is 4.74 Å². The van der Waals surface area contributed by atoms with Crippen LogP contribution in [0.4, 0.5) is 0 Å². The van der Waals surface area contributed by atoms with E-state index in [0.717, 1.165) is 25.7 Å². The molecule has 0 amide bonds. The first-order chi connectivity index (χ1) is 7.20. The first kappa shape index (κ1) is 14.2. The summed E-state index contributed by atoms with van der Waals surface area (Å²) in [6.45, 7) is 4.03. The van der Waals surface area contributed by atoms with Gasteiger partial charge in [-0.15, -0.1) is 0 Å². The molecule has 0 aliphatic carbocycles. The Morgan fingerprint density at radius 2 is 1.33 bits per heavy atom. The maximum Gasteiger partial charge on any atom is 0.0887 e. The zero-order chi connectivity index (χ0) is 11.5. The zero-order valence-corrected chi connectivity index (χ0v) is 9.60. The summed E-state index contributed by atoms with van der Waals surface area (Å²) in [7, 11) is 0. The van der Waals surface area contributed by atoms with Crippen LogP contribution in [-0.4, -0.2) is 22.4 Å². The molecule has 0 aromatic rings. The highest BCUT2D eigenvalue weighted by Crippen LogP contribution is 1.99. The minimum absolute atomic E-state index is 0.441. The highest BCUT2D eigenvalue weighted by atomic mass is 16.5. The van der Waals surface area contributed by atoms with Crippen molar-refractivity contribution < 1.29 is 14.9 Å². The molecule has 3 heteroatoms. The Kier molecular flexibility index (Phi) is 9.22. The van der Waals surface area contributed by atoms with Crippen molar-refractivity contribution in [1.82, 2.24) is 0 Å². The molecule has 3 nitrogen and oxygen atoms in total. The van der Waals surface area contributed by atoms with Crippen LogP contribution < -0.4 is 0 Å². The first-order valence-corrected chi connectivity index (χ1v) is 5.55. The van der Waals surface area contributed by atoms with Crippen LogP contribution in [0.1, 0.15) is 39.5 Å². The van der Waals surface area contributed by atoms with Crippen molar-refractivity contribution in [3.05, 3.63) is 24.7 Å². The molecule has 0 bridgehead atoms. The fourth-order valence-electron chi connectivity index (χ4n) is 1.10. The van der Waals surface area contributed by atoms with Crippen LogP contribution in [0.25, 0.3) is 0 Å². The quantitative estimate of drug-likeness (QED) is 0.610. The van der Waals surface area contributed by atoms with Crippen LogP contribution in [0.5, 0.6) is 0 Å². The van der Waals surface area contributed by atoms with Crippen molar-refractivity contribution in [2.75, 3.05) is 0 Å². The van der Waals surface area contributed by atoms with Gasteiger partial charge in [0.25, 0.3) is 0 Å². The molecule has 0 fully saturated rings. The fraction of sp³-hybridized carbons (Fsp3) is 0.667. The van der Waals surface area contributed by atoms with Gasteiger partial charge in [-0.2, -0.15) is 0 Å². The lowest BCUT2D eigenvalue weighted by atomic mass is 10.2. The molecule has 0 heterocycles. The Balaban J connectivity index is 3.59. The second kappa shape index (κ2) is 9.74. The largest absolute Gasteiger partial charge is 0.473 e. The van der Waals surface area contributed by atoms with Gasteiger partial charge in [0.05, 0.1) is 24.7 Å². The van der Waals surface area contributed by atoms with E-state index in [1.54, 1.807) is 12.2 Å². The lowest BCUT2D eigenvalue weighted by Crippen LogP contribution is -2.01. The predicted octanol–water partition coefficient (Wildman–Crippen LogP) is 2.35. The first-order valence-electron chi connectivity index (χ1n) is 5.55. The van der Waals surface area contributed by atoms with Crippen molar-refractivity contribution in [3.8, 4) is 0 Å². The average molecular weight is 214 g/mol. The highest BCUT2D eigenvalue weighted by molar-refractivity contribution is 4.87. The molecule has 0 aromatic carbocycles. The van der Waals surface area contributed by atoms with Gasteiger partial charge in [0, 0.05) is 0 Å². The van der Waals surface area contributed by atoms with Gasteiger partial charge in [-0.3, -0.25) is 0 Å². The summed E-state index contributed by atoms with van der Waals surface area (Å²) in [5.74, 6) is 0. The Morgan fingerprint density at radius 3 is 1.67 bits per heavy atom. The van der Waals surface area contributed by atoms with E-state index in [2.05, 4.69) is 0 Å². The van der Waals surface area contributed by atoms with Gasteiger partial charge < -0.3 is 14.9 Å². The van der Waals surface area contributed by atoms with E-state index < -0.39 is 12.2 Å². The Hall–Kier alpha value is -0.800. The van der Waals surface area contributed by atoms with E-state index in [9.17, 15) is 10.2 Å². The highest BCUT2D eigenvalue weighted by Gasteiger charge is 1.96. The maximum absolute atomic E-state index is 9.30. The van der Waals surface area contributed by atoms with E-state index in [1.165, 1.54) is 12.5 Å². The minimum Gasteiger partial charge on any atom is -0.473 e. The third kappa shape index (κ3) is 9.50. The molecular formula is C12H22O3. The molecule has 0 aliphatic rings. The van der Waals surface area contributed by atoms with Crippen molar-refractivity contribution >= 4 is 0 Å². The van der Waals surface area contributed by atoms with Gasteiger partial charge in [-0.05, 0) is 25.0 Å². The van der Waals surface area contributed by atoms with Gasteiger partial charge in [-0.25, -0.2) is 0 Å². The Morgan fingerprint density at radius 1 is 0.933 bits per heavy atom. The molecule has 88 valence electrons. The van der Waals surface area contributed by atoms with Crippen molar-refractivity contribution in [3.63, 3.8) is 0 Å². The number of hydrogen-bond acceptors (Lipinski definition) is 3. The smallest absolute Gasteiger partial charge is 0.0887 e. The van der Waals surface area contributed by atoms with Crippen molar-refractivity contribution in [2.45, 2.75) is 51.7 Å². The molecule has 2 unspecified atom stereocenters. The van der Waals surface area contributed by atoms with Gasteiger partial charge in [0.1, 0.15) is 0 Å². The van der Waals surface area contributed by atoms with E-state index >= 15 is 0 Å². The standard InChI is InChI=1S/C12H22O3/c1-3-5-11(13)7-9-15-10-8-12(14)6-4-2/h7-14H,3-6H2,1-2H3. The van der Waals surface area contributed by atoms with Crippen LogP contribution >= 0.6 is 0 Å². The van der Waals surface area contributed by atoms with Crippen LogP contribution in [-0.2, 0) is 4.74 Å². The summed E-state index contributed by atoms with van der Waals surface area (Å²) in [5.41, 5.74) is 0. The number of ether oxygens (including phenoxy) is 1. The molecular weight excluding hydrogens is 192 g/mol. The van der Waals surface area contributed by atoms with Crippen LogP contribution in [0.15, 0.2) is 24.7 Å². The summed E-state index contributed by atoms with van der Waals surface area (Å²) in [6, 6.07) is 0. The zero-order valence-electron chi connectivity index (χ0n) is 9.60. The monoisotopic (exact) mass is 214 g/mol. The number of hydrogen-bond donors (Lipinski definition) is 2. The van der Waals surface area contributed by atoms with Gasteiger partial charge in [0.2, 0.25) is 0 Å². The molecule has 2 atom stereocenters. The molecule has 0 saturated heterocycles. The third-order valence-corrected chi connectivity index (χ3v) is 1.93. The van der Waals surface area contributed by atoms with Crippen LogP contribution in [0.2, 0.25) is 0 Å². The predicted molar refractivity (Wildman–Crippen MR) is 61.2 cm³/mol. The van der Waals surface area contributed by atoms with E-state index in [1.807, 2.05) is 13.8 Å². The molecule has 0 rings (SSSR count). The maximum atomic E-state index is 9.30. The van der Waals surface area contributed by atoms with Crippen molar-refractivity contribution in [2.24, 2.45) is 0 Å². The number of aliphatic hydroxyl groups is 2. The lowest BCUT2D eigenvalue weighted by molar-refractivity contribution is 0.204. The van der Waals surface area contributed by atoms with Crippen LogP contribution in [0.3, 0.4) is 0 Å². The van der Waals surface area contributed by atoms with Crippen molar-refractivity contribution in [1.29, 1.82) is 0 Å². The number of aliphatic hydroxyl groups excluding tert-OH is 2.